The van der Waals surface area contributed by atoms with Crippen molar-refractivity contribution in [1.82, 2.24) is 25.1 Å². The summed E-state index contributed by atoms with van der Waals surface area (Å²) in [4.78, 5) is 19.8. The van der Waals surface area contributed by atoms with Crippen molar-refractivity contribution in [2.45, 2.75) is 72.4 Å². The Hall–Kier alpha value is -1.68. The standard InChI is InChI=1S/C25H42ClN6O8PS/c1-7-18-21(26)28-22(32(18)14-40-41(36,38-12-15(2)3)39-13-16(4)5)23(35)27-17-8-9-31(10-20(17)37-6)25-30-29-24(42-25)19(34)11-33/h15-17,19-20,33-34H,7-14H2,1-6H3,(H,27,35)/t17-,19-,20+/m1/s1. The van der Waals surface area contributed by atoms with Crippen molar-refractivity contribution in [2.24, 2.45) is 11.8 Å². The zero-order chi connectivity index (χ0) is 31.0. The SMILES string of the molecule is CCc1c(Cl)nc(C(=O)N[C@@H]2CCN(c3nnc([C@H](O)CO)s3)C[C@@H]2OC)n1COP(=O)(OCC(C)C)OCC(C)C. The highest BCUT2D eigenvalue weighted by Crippen LogP contribution is 2.50. The van der Waals surface area contributed by atoms with Crippen molar-refractivity contribution in [2.75, 3.05) is 44.9 Å². The number of ether oxygens (including phenoxy) is 1. The summed E-state index contributed by atoms with van der Waals surface area (Å²) in [6.45, 7) is 10.1. The van der Waals surface area contributed by atoms with Crippen molar-refractivity contribution < 1.29 is 37.9 Å². The average molecular weight is 653 g/mol. The number of aromatic nitrogens is 4. The summed E-state index contributed by atoms with van der Waals surface area (Å²) in [5, 5.41) is 31.1. The predicted molar refractivity (Wildman–Crippen MR) is 158 cm³/mol. The summed E-state index contributed by atoms with van der Waals surface area (Å²) in [5.74, 6) is -0.298. The van der Waals surface area contributed by atoms with E-state index in [-0.39, 0.29) is 48.8 Å². The number of phosphoric acid groups is 1. The summed E-state index contributed by atoms with van der Waals surface area (Å²) >= 11 is 7.58. The van der Waals surface area contributed by atoms with E-state index in [1.807, 2.05) is 39.5 Å². The van der Waals surface area contributed by atoms with Gasteiger partial charge in [-0.2, -0.15) is 0 Å². The number of anilines is 1. The van der Waals surface area contributed by atoms with E-state index in [2.05, 4.69) is 20.5 Å². The first-order chi connectivity index (χ1) is 19.9. The Morgan fingerprint density at radius 2 is 1.86 bits per heavy atom. The van der Waals surface area contributed by atoms with E-state index < -0.39 is 32.5 Å². The first kappa shape index (κ1) is 34.8. The molecule has 238 valence electrons. The van der Waals surface area contributed by atoms with Gasteiger partial charge < -0.3 is 25.2 Å². The number of aliphatic hydroxyl groups is 2. The maximum Gasteiger partial charge on any atom is 0.476 e. The fourth-order valence-corrected chi connectivity index (χ4v) is 6.73. The molecular weight excluding hydrogens is 611 g/mol. The van der Waals surface area contributed by atoms with E-state index in [0.29, 0.717) is 41.8 Å². The van der Waals surface area contributed by atoms with Gasteiger partial charge in [0.05, 0.1) is 37.7 Å². The van der Waals surface area contributed by atoms with Gasteiger partial charge in [-0.3, -0.25) is 22.9 Å². The second-order valence-electron chi connectivity index (χ2n) is 10.7. The lowest BCUT2D eigenvalue weighted by Gasteiger charge is -2.37. The molecule has 42 heavy (non-hydrogen) atoms. The minimum atomic E-state index is -3.94. The highest BCUT2D eigenvalue weighted by molar-refractivity contribution is 7.48. The molecule has 1 aliphatic heterocycles. The number of imidazole rings is 1. The quantitative estimate of drug-likeness (QED) is 0.226. The second-order valence-corrected chi connectivity index (χ2v) is 13.8. The third-order valence-corrected chi connectivity index (χ3v) is 9.13. The second kappa shape index (κ2) is 15.9. The monoisotopic (exact) mass is 652 g/mol. The molecule has 1 amide bonds. The number of aliphatic hydroxyl groups excluding tert-OH is 2. The molecule has 3 heterocycles. The van der Waals surface area contributed by atoms with Crippen LogP contribution in [0.1, 0.15) is 68.5 Å². The number of carbonyl (C=O) groups is 1. The maximum atomic E-state index is 13.5. The molecule has 2 aromatic heterocycles. The molecule has 0 saturated carbocycles. The maximum absolute atomic E-state index is 13.5. The van der Waals surface area contributed by atoms with Crippen LogP contribution in [0.3, 0.4) is 0 Å². The molecule has 0 aromatic carbocycles. The third kappa shape index (κ3) is 9.16. The van der Waals surface area contributed by atoms with Crippen molar-refractivity contribution >= 4 is 41.8 Å². The highest BCUT2D eigenvalue weighted by Gasteiger charge is 2.35. The summed E-state index contributed by atoms with van der Waals surface area (Å²) in [6.07, 6.45) is -0.515. The molecule has 0 aliphatic carbocycles. The Kier molecular flexibility index (Phi) is 13.2. The number of halogens is 1. The Morgan fingerprint density at radius 3 is 2.43 bits per heavy atom. The molecule has 3 N–H and O–H groups in total. The molecule has 3 atom stereocenters. The van der Waals surface area contributed by atoms with Gasteiger partial charge in [0.1, 0.15) is 17.8 Å². The van der Waals surface area contributed by atoms with E-state index in [9.17, 15) is 19.6 Å². The van der Waals surface area contributed by atoms with Gasteiger partial charge in [-0.05, 0) is 24.7 Å². The zero-order valence-corrected chi connectivity index (χ0v) is 27.3. The van der Waals surface area contributed by atoms with Crippen LogP contribution in [0.5, 0.6) is 0 Å². The minimum Gasteiger partial charge on any atom is -0.393 e. The van der Waals surface area contributed by atoms with Gasteiger partial charge in [0.15, 0.2) is 5.15 Å². The number of hydrogen-bond donors (Lipinski definition) is 3. The Morgan fingerprint density at radius 1 is 1.19 bits per heavy atom. The first-order valence-electron chi connectivity index (χ1n) is 13.9. The zero-order valence-electron chi connectivity index (χ0n) is 24.9. The molecule has 14 nitrogen and oxygen atoms in total. The molecule has 1 saturated heterocycles. The van der Waals surface area contributed by atoms with E-state index in [1.54, 1.807) is 7.11 Å². The van der Waals surface area contributed by atoms with Gasteiger partial charge in [-0.25, -0.2) is 9.55 Å². The van der Waals surface area contributed by atoms with Crippen LogP contribution in [0.15, 0.2) is 0 Å². The van der Waals surface area contributed by atoms with E-state index in [4.69, 9.17) is 29.9 Å². The molecule has 1 aliphatic rings. The first-order valence-corrected chi connectivity index (χ1v) is 16.6. The minimum absolute atomic E-state index is 0.000146. The normalized spacial score (nSPS) is 18.7. The number of carbonyl (C=O) groups excluding carboxylic acids is 1. The molecular formula is C25H42ClN6O8PS. The average Bonchev–Trinajstić information content (AvgIpc) is 3.58. The van der Waals surface area contributed by atoms with Crippen LogP contribution < -0.4 is 10.2 Å². The number of rotatable bonds is 16. The topological polar surface area (TPSA) is 170 Å². The third-order valence-electron chi connectivity index (χ3n) is 6.38. The fourth-order valence-electron chi connectivity index (χ4n) is 4.12. The number of phosphoric ester groups is 1. The van der Waals surface area contributed by atoms with Crippen LogP contribution in [0, 0.1) is 11.8 Å². The number of methoxy groups -OCH3 is 1. The number of nitrogens with zero attached hydrogens (tertiary/aromatic N) is 5. The van der Waals surface area contributed by atoms with E-state index in [0.717, 1.165) is 0 Å². The summed E-state index contributed by atoms with van der Waals surface area (Å²) < 4.78 is 37.4. The summed E-state index contributed by atoms with van der Waals surface area (Å²) in [5.41, 5.74) is 0.538. The fraction of sp³-hybridized carbons (Fsp3) is 0.760. The van der Waals surface area contributed by atoms with Crippen LogP contribution in [0.25, 0.3) is 0 Å². The lowest BCUT2D eigenvalue weighted by Crippen LogP contribution is -2.55. The molecule has 0 radical (unpaired) electrons. The van der Waals surface area contributed by atoms with E-state index >= 15 is 0 Å². The van der Waals surface area contributed by atoms with Crippen LogP contribution in [0.4, 0.5) is 5.13 Å². The van der Waals surface area contributed by atoms with Gasteiger partial charge in [-0.1, -0.05) is 57.6 Å². The van der Waals surface area contributed by atoms with Crippen LogP contribution in [0.2, 0.25) is 5.15 Å². The van der Waals surface area contributed by atoms with Crippen LogP contribution >= 0.6 is 30.8 Å². The number of hydrogen-bond acceptors (Lipinski definition) is 13. The molecule has 2 aromatic rings. The van der Waals surface area contributed by atoms with Gasteiger partial charge in [-0.15, -0.1) is 10.2 Å². The molecule has 1 fully saturated rings. The van der Waals surface area contributed by atoms with E-state index in [1.165, 1.54) is 15.9 Å². The van der Waals surface area contributed by atoms with Crippen LogP contribution in [-0.2, 0) is 36.0 Å². The molecule has 0 bridgehead atoms. The van der Waals surface area contributed by atoms with Crippen LogP contribution in [-0.4, -0.2) is 88.0 Å². The van der Waals surface area contributed by atoms with Crippen molar-refractivity contribution in [1.29, 1.82) is 0 Å². The molecule has 0 spiro atoms. The molecule has 17 heteroatoms. The van der Waals surface area contributed by atoms with Crippen molar-refractivity contribution in [3.8, 4) is 0 Å². The predicted octanol–water partition coefficient (Wildman–Crippen LogP) is 3.43. The number of piperidine rings is 1. The Labute approximate surface area is 255 Å². The smallest absolute Gasteiger partial charge is 0.393 e. The highest BCUT2D eigenvalue weighted by atomic mass is 35.5. The number of amides is 1. The van der Waals surface area contributed by atoms with Crippen molar-refractivity contribution in [3.05, 3.63) is 21.7 Å². The Bertz CT molecular complexity index is 1200. The van der Waals surface area contributed by atoms with Gasteiger partial charge >= 0.3 is 7.82 Å². The largest absolute Gasteiger partial charge is 0.476 e. The van der Waals surface area contributed by atoms with Crippen molar-refractivity contribution in [3.63, 3.8) is 0 Å². The molecule has 3 rings (SSSR count). The van der Waals surface area contributed by atoms with Gasteiger partial charge in [0, 0.05) is 20.2 Å². The Balaban J connectivity index is 1.73. The lowest BCUT2D eigenvalue weighted by atomic mass is 10.0. The van der Waals surface area contributed by atoms with Gasteiger partial charge in [0.2, 0.25) is 11.0 Å². The molecule has 0 unspecified atom stereocenters. The lowest BCUT2D eigenvalue weighted by molar-refractivity contribution is 0.0525. The summed E-state index contributed by atoms with van der Waals surface area (Å²) in [6, 6.07) is -0.362. The summed E-state index contributed by atoms with van der Waals surface area (Å²) in [7, 11) is -2.39. The van der Waals surface area contributed by atoms with Gasteiger partial charge in [0.25, 0.3) is 5.91 Å². The number of nitrogens with one attached hydrogen (secondary N) is 1.